The first-order valence-corrected chi connectivity index (χ1v) is 11.8. The molecular formula is C26H22ClNO5. The predicted molar refractivity (Wildman–Crippen MR) is 119 cm³/mol. The van der Waals surface area contributed by atoms with Crippen molar-refractivity contribution in [2.75, 3.05) is 0 Å². The van der Waals surface area contributed by atoms with Crippen molar-refractivity contribution in [3.05, 3.63) is 70.2 Å². The number of carbonyl (C=O) groups is 4. The average Bonchev–Trinajstić information content (AvgIpc) is 3.40. The second-order valence-corrected chi connectivity index (χ2v) is 9.75. The van der Waals surface area contributed by atoms with Gasteiger partial charge in [0.05, 0.1) is 17.9 Å². The minimum atomic E-state index is -2.03. The van der Waals surface area contributed by atoms with Gasteiger partial charge in [0.2, 0.25) is 29.0 Å². The third-order valence-corrected chi connectivity index (χ3v) is 8.05. The molecule has 6 rings (SSSR count). The van der Waals surface area contributed by atoms with E-state index in [0.29, 0.717) is 10.6 Å². The predicted octanol–water partition coefficient (Wildman–Crippen LogP) is 4.16. The van der Waals surface area contributed by atoms with Gasteiger partial charge in [-0.25, -0.2) is 0 Å². The highest BCUT2D eigenvalue weighted by molar-refractivity contribution is 6.35. The second kappa shape index (κ2) is 7.34. The Balaban J connectivity index is 1.52. The van der Waals surface area contributed by atoms with Crippen LogP contribution in [-0.2, 0) is 14.3 Å². The molecule has 0 N–H and O–H groups in total. The zero-order valence-corrected chi connectivity index (χ0v) is 18.6. The van der Waals surface area contributed by atoms with Gasteiger partial charge in [0.25, 0.3) is 0 Å². The Morgan fingerprint density at radius 3 is 2.06 bits per heavy atom. The highest BCUT2D eigenvalue weighted by atomic mass is 35.5. The Kier molecular flexibility index (Phi) is 4.61. The SMILES string of the molecule is O=C1[C@@H]2[C@@H](c3ccccc3Cl)OC3(C(=O)c4ccccc4C3=O)[C@H]2C(=O)N1C1CCCCC1. The van der Waals surface area contributed by atoms with Gasteiger partial charge in [0.15, 0.2) is 0 Å². The Labute approximate surface area is 195 Å². The number of likely N-dealkylation sites (tertiary alicyclic amines) is 1. The minimum Gasteiger partial charge on any atom is -0.349 e. The van der Waals surface area contributed by atoms with Gasteiger partial charge in [0, 0.05) is 27.8 Å². The highest BCUT2D eigenvalue weighted by Gasteiger charge is 2.75. The summed E-state index contributed by atoms with van der Waals surface area (Å²) in [5.41, 5.74) is -1.06. The van der Waals surface area contributed by atoms with Crippen LogP contribution in [0, 0.1) is 11.8 Å². The van der Waals surface area contributed by atoms with Crippen LogP contribution in [0.4, 0.5) is 0 Å². The topological polar surface area (TPSA) is 80.8 Å². The van der Waals surface area contributed by atoms with Gasteiger partial charge in [-0.3, -0.25) is 24.1 Å². The number of nitrogens with zero attached hydrogens (tertiary/aromatic N) is 1. The van der Waals surface area contributed by atoms with Crippen LogP contribution >= 0.6 is 11.6 Å². The van der Waals surface area contributed by atoms with Crippen LogP contribution in [0.15, 0.2) is 48.5 Å². The maximum Gasteiger partial charge on any atom is 0.237 e. The Bertz CT molecular complexity index is 1180. The van der Waals surface area contributed by atoms with Crippen molar-refractivity contribution in [2.24, 2.45) is 11.8 Å². The summed E-state index contributed by atoms with van der Waals surface area (Å²) in [5.74, 6) is -4.09. The van der Waals surface area contributed by atoms with E-state index in [4.69, 9.17) is 16.3 Å². The number of rotatable bonds is 2. The summed E-state index contributed by atoms with van der Waals surface area (Å²) < 4.78 is 6.28. The molecule has 33 heavy (non-hydrogen) atoms. The number of benzene rings is 2. The molecule has 0 aromatic heterocycles. The van der Waals surface area contributed by atoms with E-state index in [1.165, 1.54) is 4.90 Å². The maximum absolute atomic E-state index is 13.8. The molecule has 2 amide bonds. The van der Waals surface area contributed by atoms with E-state index in [-0.39, 0.29) is 23.1 Å². The number of Topliss-reactive ketones (excluding diaryl/α,β-unsaturated/α-hetero) is 2. The van der Waals surface area contributed by atoms with Crippen LogP contribution < -0.4 is 0 Å². The molecule has 0 unspecified atom stereocenters. The summed E-state index contributed by atoms with van der Waals surface area (Å²) in [5, 5.41) is 0.366. The molecule has 168 valence electrons. The standard InChI is InChI=1S/C26H22ClNO5/c27-18-13-7-6-12-17(18)21-19-20(25(32)28(24(19)31)14-8-2-1-3-9-14)26(33-21)22(29)15-10-4-5-11-16(15)23(26)30/h4-7,10-14,19-21H,1-3,8-9H2/t19-,20+,21+/m0/s1. The van der Waals surface area contributed by atoms with E-state index in [1.807, 2.05) is 0 Å². The quantitative estimate of drug-likeness (QED) is 0.493. The fourth-order valence-electron chi connectivity index (χ4n) is 6.23. The van der Waals surface area contributed by atoms with Crippen molar-refractivity contribution in [1.29, 1.82) is 0 Å². The lowest BCUT2D eigenvalue weighted by atomic mass is 9.77. The molecule has 0 bridgehead atoms. The molecule has 2 aromatic carbocycles. The Hall–Kier alpha value is -2.83. The molecule has 1 saturated carbocycles. The smallest absolute Gasteiger partial charge is 0.237 e. The number of hydrogen-bond donors (Lipinski definition) is 0. The van der Waals surface area contributed by atoms with Crippen LogP contribution in [0.5, 0.6) is 0 Å². The molecule has 6 nitrogen and oxygen atoms in total. The van der Waals surface area contributed by atoms with Crippen molar-refractivity contribution in [3.63, 3.8) is 0 Å². The molecule has 0 radical (unpaired) electrons. The minimum absolute atomic E-state index is 0.206. The lowest BCUT2D eigenvalue weighted by molar-refractivity contribution is -0.148. The molecule has 3 atom stereocenters. The molecule has 2 aromatic rings. The lowest BCUT2D eigenvalue weighted by Crippen LogP contribution is -2.52. The van der Waals surface area contributed by atoms with Gasteiger partial charge >= 0.3 is 0 Å². The third kappa shape index (κ3) is 2.65. The fraction of sp³-hybridized carbons (Fsp3) is 0.385. The summed E-state index contributed by atoms with van der Waals surface area (Å²) in [6.07, 6.45) is 3.47. The van der Waals surface area contributed by atoms with Crippen molar-refractivity contribution in [3.8, 4) is 0 Å². The van der Waals surface area contributed by atoms with E-state index >= 15 is 0 Å². The van der Waals surface area contributed by atoms with Crippen molar-refractivity contribution < 1.29 is 23.9 Å². The molecule has 2 aliphatic heterocycles. The number of halogens is 1. The van der Waals surface area contributed by atoms with Crippen LogP contribution in [0.1, 0.15) is 64.5 Å². The van der Waals surface area contributed by atoms with Gasteiger partial charge in [-0.05, 0) is 18.9 Å². The zero-order chi connectivity index (χ0) is 22.9. The summed E-state index contributed by atoms with van der Waals surface area (Å²) in [6.45, 7) is 0. The number of ketones is 2. The largest absolute Gasteiger partial charge is 0.349 e. The third-order valence-electron chi connectivity index (χ3n) is 7.70. The normalized spacial score (nSPS) is 28.6. The van der Waals surface area contributed by atoms with Crippen molar-refractivity contribution in [1.82, 2.24) is 4.90 Å². The molecule has 2 saturated heterocycles. The van der Waals surface area contributed by atoms with Gasteiger partial charge < -0.3 is 4.74 Å². The summed E-state index contributed by atoms with van der Waals surface area (Å²) in [7, 11) is 0. The van der Waals surface area contributed by atoms with Crippen molar-refractivity contribution in [2.45, 2.75) is 49.9 Å². The molecule has 2 heterocycles. The maximum atomic E-state index is 13.8. The van der Waals surface area contributed by atoms with E-state index in [9.17, 15) is 19.2 Å². The molecule has 7 heteroatoms. The van der Waals surface area contributed by atoms with E-state index in [2.05, 4.69) is 0 Å². The van der Waals surface area contributed by atoms with E-state index in [0.717, 1.165) is 32.1 Å². The fourth-order valence-corrected chi connectivity index (χ4v) is 6.47. The van der Waals surface area contributed by atoms with Crippen LogP contribution in [-0.4, -0.2) is 39.9 Å². The Morgan fingerprint density at radius 2 is 1.42 bits per heavy atom. The summed E-state index contributed by atoms with van der Waals surface area (Å²) in [4.78, 5) is 56.4. The average molecular weight is 464 g/mol. The Morgan fingerprint density at radius 1 is 0.818 bits per heavy atom. The van der Waals surface area contributed by atoms with Crippen LogP contribution in [0.2, 0.25) is 5.02 Å². The van der Waals surface area contributed by atoms with Crippen LogP contribution in [0.25, 0.3) is 0 Å². The van der Waals surface area contributed by atoms with E-state index in [1.54, 1.807) is 48.5 Å². The van der Waals surface area contributed by atoms with Gasteiger partial charge in [-0.15, -0.1) is 0 Å². The summed E-state index contributed by atoms with van der Waals surface area (Å²) >= 11 is 6.46. The molecule has 3 fully saturated rings. The zero-order valence-electron chi connectivity index (χ0n) is 17.8. The molecule has 1 spiro atoms. The number of amides is 2. The van der Waals surface area contributed by atoms with Crippen molar-refractivity contribution >= 4 is 35.0 Å². The summed E-state index contributed by atoms with van der Waals surface area (Å²) in [6, 6.07) is 13.2. The molecule has 2 aliphatic carbocycles. The first-order chi connectivity index (χ1) is 16.0. The van der Waals surface area contributed by atoms with Gasteiger partial charge in [-0.1, -0.05) is 73.3 Å². The molecular weight excluding hydrogens is 442 g/mol. The second-order valence-electron chi connectivity index (χ2n) is 9.34. The molecule has 4 aliphatic rings. The van der Waals surface area contributed by atoms with Crippen LogP contribution in [0.3, 0.4) is 0 Å². The highest BCUT2D eigenvalue weighted by Crippen LogP contribution is 2.58. The number of carbonyl (C=O) groups excluding carboxylic acids is 4. The first kappa shape index (κ1) is 20.8. The number of fused-ring (bicyclic) bond motifs is 3. The van der Waals surface area contributed by atoms with E-state index < -0.39 is 41.0 Å². The first-order valence-electron chi connectivity index (χ1n) is 11.4. The lowest BCUT2D eigenvalue weighted by Gasteiger charge is -2.33. The van der Waals surface area contributed by atoms with Gasteiger partial charge in [-0.2, -0.15) is 0 Å². The van der Waals surface area contributed by atoms with Gasteiger partial charge in [0.1, 0.15) is 0 Å². The number of imide groups is 1. The monoisotopic (exact) mass is 463 g/mol. The number of hydrogen-bond acceptors (Lipinski definition) is 5. The number of ether oxygens (including phenoxy) is 1.